The van der Waals surface area contributed by atoms with Gasteiger partial charge in [-0.15, -0.1) is 24.0 Å². The topological polar surface area (TPSA) is 72.0 Å². The minimum Gasteiger partial charge on any atom is -0.484 e. The molecule has 0 fully saturated rings. The molecule has 0 saturated carbocycles. The standard InChI is InChI=1S/C17H24F3N3O3.HI/c1-12(2)26-15(24)8-9-22-16(21-3)23-10-13-4-6-14(7-5-13)25-11-17(18,19)20;/h4-7,12H,8-11H2,1-3H3,(H2,21,22,23);1H. The molecule has 1 rings (SSSR count). The highest BCUT2D eigenvalue weighted by Crippen LogP contribution is 2.18. The van der Waals surface area contributed by atoms with Crippen molar-refractivity contribution in [3.05, 3.63) is 29.8 Å². The van der Waals surface area contributed by atoms with E-state index in [2.05, 4.69) is 20.4 Å². The zero-order valence-corrected chi connectivity index (χ0v) is 17.8. The second-order valence-electron chi connectivity index (χ2n) is 5.69. The summed E-state index contributed by atoms with van der Waals surface area (Å²) in [6.07, 6.45) is -4.30. The van der Waals surface area contributed by atoms with Gasteiger partial charge >= 0.3 is 12.1 Å². The van der Waals surface area contributed by atoms with Crippen LogP contribution in [0, 0.1) is 0 Å². The third-order valence-electron chi connectivity index (χ3n) is 3.00. The van der Waals surface area contributed by atoms with Gasteiger partial charge < -0.3 is 20.1 Å². The summed E-state index contributed by atoms with van der Waals surface area (Å²) in [7, 11) is 1.59. The number of ether oxygens (including phenoxy) is 2. The Bertz CT molecular complexity index is 593. The van der Waals surface area contributed by atoms with Crippen LogP contribution < -0.4 is 15.4 Å². The molecule has 0 heterocycles. The average Bonchev–Trinajstić information content (AvgIpc) is 2.55. The second-order valence-corrected chi connectivity index (χ2v) is 5.69. The van der Waals surface area contributed by atoms with Gasteiger partial charge in [0.15, 0.2) is 12.6 Å². The lowest BCUT2D eigenvalue weighted by Gasteiger charge is -2.13. The maximum atomic E-state index is 12.1. The number of aliphatic imine (C=N–C) groups is 1. The number of hydrogen-bond donors (Lipinski definition) is 2. The molecular formula is C17H25F3IN3O3. The van der Waals surface area contributed by atoms with Crippen LogP contribution in [0.15, 0.2) is 29.3 Å². The van der Waals surface area contributed by atoms with Crippen molar-refractivity contribution < 1.29 is 27.4 Å². The molecule has 0 aliphatic rings. The molecule has 0 aliphatic heterocycles. The van der Waals surface area contributed by atoms with Crippen molar-refractivity contribution in [2.45, 2.75) is 39.1 Å². The van der Waals surface area contributed by atoms with Crippen molar-refractivity contribution in [3.8, 4) is 5.75 Å². The van der Waals surface area contributed by atoms with E-state index < -0.39 is 12.8 Å². The predicted molar refractivity (Wildman–Crippen MR) is 107 cm³/mol. The Labute approximate surface area is 173 Å². The Hall–Kier alpha value is -1.72. The number of rotatable bonds is 8. The number of hydrogen-bond acceptors (Lipinski definition) is 4. The maximum absolute atomic E-state index is 12.1. The van der Waals surface area contributed by atoms with Crippen LogP contribution in [0.2, 0.25) is 0 Å². The zero-order chi connectivity index (χ0) is 19.6. The van der Waals surface area contributed by atoms with E-state index >= 15 is 0 Å². The van der Waals surface area contributed by atoms with Crippen molar-refractivity contribution in [3.63, 3.8) is 0 Å². The van der Waals surface area contributed by atoms with Gasteiger partial charge in [-0.3, -0.25) is 9.79 Å². The first-order valence-electron chi connectivity index (χ1n) is 8.12. The van der Waals surface area contributed by atoms with Gasteiger partial charge in [-0.2, -0.15) is 13.2 Å². The third-order valence-corrected chi connectivity index (χ3v) is 3.00. The first-order chi connectivity index (χ1) is 12.2. The van der Waals surface area contributed by atoms with E-state index in [0.29, 0.717) is 19.0 Å². The maximum Gasteiger partial charge on any atom is 0.422 e. The van der Waals surface area contributed by atoms with Gasteiger partial charge in [0.25, 0.3) is 0 Å². The summed E-state index contributed by atoms with van der Waals surface area (Å²) in [6.45, 7) is 3.03. The number of nitrogens with one attached hydrogen (secondary N) is 2. The molecule has 1 aromatic rings. The Morgan fingerprint density at radius 2 is 1.81 bits per heavy atom. The second kappa shape index (κ2) is 12.6. The number of alkyl halides is 3. The first-order valence-corrected chi connectivity index (χ1v) is 8.12. The predicted octanol–water partition coefficient (Wildman–Crippen LogP) is 3.25. The molecule has 0 bridgehead atoms. The molecule has 0 amide bonds. The summed E-state index contributed by atoms with van der Waals surface area (Å²) >= 11 is 0. The molecule has 27 heavy (non-hydrogen) atoms. The molecule has 0 atom stereocenters. The number of halogens is 4. The van der Waals surface area contributed by atoms with Crippen LogP contribution >= 0.6 is 24.0 Å². The van der Waals surface area contributed by atoms with Crippen LogP contribution in [0.25, 0.3) is 0 Å². The van der Waals surface area contributed by atoms with Crippen molar-refractivity contribution in [2.75, 3.05) is 20.2 Å². The highest BCUT2D eigenvalue weighted by molar-refractivity contribution is 14.0. The number of esters is 1. The smallest absolute Gasteiger partial charge is 0.422 e. The van der Waals surface area contributed by atoms with Crippen LogP contribution in [0.3, 0.4) is 0 Å². The molecule has 0 aliphatic carbocycles. The first kappa shape index (κ1) is 25.3. The lowest BCUT2D eigenvalue weighted by atomic mass is 10.2. The van der Waals surface area contributed by atoms with E-state index in [1.54, 1.807) is 33.0 Å². The van der Waals surface area contributed by atoms with E-state index in [1.807, 2.05) is 0 Å². The lowest BCUT2D eigenvalue weighted by molar-refractivity contribution is -0.153. The van der Waals surface area contributed by atoms with E-state index in [0.717, 1.165) is 5.56 Å². The molecule has 6 nitrogen and oxygen atoms in total. The van der Waals surface area contributed by atoms with Gasteiger partial charge in [-0.25, -0.2) is 0 Å². The van der Waals surface area contributed by atoms with Crippen LogP contribution in [-0.4, -0.2) is 44.4 Å². The summed E-state index contributed by atoms with van der Waals surface area (Å²) in [5.74, 6) is 0.356. The number of guanidine groups is 1. The van der Waals surface area contributed by atoms with Gasteiger partial charge in [0, 0.05) is 20.1 Å². The molecule has 0 spiro atoms. The van der Waals surface area contributed by atoms with E-state index in [1.165, 1.54) is 12.1 Å². The van der Waals surface area contributed by atoms with E-state index in [9.17, 15) is 18.0 Å². The molecule has 10 heteroatoms. The number of carbonyl (C=O) groups is 1. The van der Waals surface area contributed by atoms with Crippen LogP contribution in [0.4, 0.5) is 13.2 Å². The fraction of sp³-hybridized carbons (Fsp3) is 0.529. The quantitative estimate of drug-likeness (QED) is 0.247. The fourth-order valence-corrected chi connectivity index (χ4v) is 1.88. The van der Waals surface area contributed by atoms with Crippen LogP contribution in [0.1, 0.15) is 25.8 Å². The average molecular weight is 503 g/mol. The minimum atomic E-state index is -4.36. The Morgan fingerprint density at radius 1 is 1.19 bits per heavy atom. The molecular weight excluding hydrogens is 478 g/mol. The monoisotopic (exact) mass is 503 g/mol. The van der Waals surface area contributed by atoms with Crippen molar-refractivity contribution in [2.24, 2.45) is 4.99 Å². The molecule has 1 aromatic carbocycles. The van der Waals surface area contributed by atoms with Gasteiger partial charge in [0.1, 0.15) is 5.75 Å². The molecule has 0 unspecified atom stereocenters. The van der Waals surface area contributed by atoms with E-state index in [4.69, 9.17) is 4.74 Å². The summed E-state index contributed by atoms with van der Waals surface area (Å²) in [6, 6.07) is 6.26. The summed E-state index contributed by atoms with van der Waals surface area (Å²) in [5, 5.41) is 6.02. The molecule has 0 saturated heterocycles. The minimum absolute atomic E-state index is 0. The Morgan fingerprint density at radius 3 is 2.33 bits per heavy atom. The Balaban J connectivity index is 0.00000676. The summed E-state index contributed by atoms with van der Waals surface area (Å²) < 4.78 is 46.0. The summed E-state index contributed by atoms with van der Waals surface area (Å²) in [4.78, 5) is 15.5. The fourth-order valence-electron chi connectivity index (χ4n) is 1.88. The number of carbonyl (C=O) groups excluding carboxylic acids is 1. The number of benzene rings is 1. The van der Waals surface area contributed by atoms with Gasteiger partial charge in [-0.05, 0) is 31.5 Å². The number of nitrogens with zero attached hydrogens (tertiary/aromatic N) is 1. The summed E-state index contributed by atoms with van der Waals surface area (Å²) in [5.41, 5.74) is 0.839. The lowest BCUT2D eigenvalue weighted by Crippen LogP contribution is -2.38. The van der Waals surface area contributed by atoms with Crippen molar-refractivity contribution >= 4 is 35.9 Å². The highest BCUT2D eigenvalue weighted by Gasteiger charge is 2.28. The highest BCUT2D eigenvalue weighted by atomic mass is 127. The SMILES string of the molecule is CN=C(NCCC(=O)OC(C)C)NCc1ccc(OCC(F)(F)F)cc1.I. The molecule has 0 radical (unpaired) electrons. The van der Waals surface area contributed by atoms with Gasteiger partial charge in [-0.1, -0.05) is 12.1 Å². The largest absolute Gasteiger partial charge is 0.484 e. The van der Waals surface area contributed by atoms with E-state index in [-0.39, 0.29) is 48.2 Å². The van der Waals surface area contributed by atoms with Gasteiger partial charge in [0.05, 0.1) is 12.5 Å². The molecule has 2 N–H and O–H groups in total. The van der Waals surface area contributed by atoms with Crippen molar-refractivity contribution in [1.82, 2.24) is 10.6 Å². The van der Waals surface area contributed by atoms with Crippen LogP contribution in [0.5, 0.6) is 5.75 Å². The third kappa shape index (κ3) is 12.3. The van der Waals surface area contributed by atoms with Crippen molar-refractivity contribution in [1.29, 1.82) is 0 Å². The normalized spacial score (nSPS) is 11.6. The molecule has 0 aromatic heterocycles. The Kier molecular flexibility index (Phi) is 11.8. The zero-order valence-electron chi connectivity index (χ0n) is 15.4. The molecule has 154 valence electrons. The van der Waals surface area contributed by atoms with Gasteiger partial charge in [0.2, 0.25) is 0 Å². The van der Waals surface area contributed by atoms with Crippen LogP contribution in [-0.2, 0) is 16.1 Å².